The van der Waals surface area contributed by atoms with Crippen molar-refractivity contribution in [2.45, 2.75) is 23.5 Å². The highest BCUT2D eigenvalue weighted by Crippen LogP contribution is 2.28. The molecule has 2 unspecified atom stereocenters. The minimum atomic E-state index is -4.07. The Kier molecular flexibility index (Phi) is 4.05. The molecule has 1 fully saturated rings. The number of sulfonamides is 1. The summed E-state index contributed by atoms with van der Waals surface area (Å²) in [5, 5.41) is 0. The third-order valence-electron chi connectivity index (χ3n) is 3.14. The molecule has 1 aromatic carbocycles. The molecule has 20 heavy (non-hydrogen) atoms. The van der Waals surface area contributed by atoms with E-state index in [1.807, 2.05) is 0 Å². The second-order valence-corrected chi connectivity index (χ2v) is 6.23. The van der Waals surface area contributed by atoms with Gasteiger partial charge in [0.15, 0.2) is 6.04 Å². The maximum atomic E-state index is 13.7. The van der Waals surface area contributed by atoms with Crippen LogP contribution in [0.2, 0.25) is 0 Å². The van der Waals surface area contributed by atoms with Crippen LogP contribution in [0.4, 0.5) is 8.78 Å². The van der Waals surface area contributed by atoms with Gasteiger partial charge in [-0.15, -0.1) is 0 Å². The number of hydrogen-bond acceptors (Lipinski definition) is 4. The average Bonchev–Trinajstić information content (AvgIpc) is 2.81. The van der Waals surface area contributed by atoms with Gasteiger partial charge in [-0.3, -0.25) is 4.79 Å². The topological polar surface area (TPSA) is 63.7 Å². The van der Waals surface area contributed by atoms with Crippen LogP contribution in [0.1, 0.15) is 6.42 Å². The number of benzene rings is 1. The van der Waals surface area contributed by atoms with Crippen LogP contribution in [-0.4, -0.2) is 44.6 Å². The van der Waals surface area contributed by atoms with Crippen LogP contribution >= 0.6 is 0 Å². The predicted molar refractivity (Wildman–Crippen MR) is 65.6 cm³/mol. The van der Waals surface area contributed by atoms with Crippen LogP contribution in [-0.2, 0) is 19.6 Å². The molecule has 0 saturated carbocycles. The SMILES string of the molecule is COC(=O)C1C(F)CCN1S(=O)(=O)c1ccc(F)cc1. The molecule has 0 N–H and O–H groups in total. The van der Waals surface area contributed by atoms with Crippen LogP contribution in [0.5, 0.6) is 0 Å². The minimum absolute atomic E-state index is 0.0831. The molecule has 1 aromatic rings. The first-order valence-electron chi connectivity index (χ1n) is 5.87. The van der Waals surface area contributed by atoms with Gasteiger partial charge >= 0.3 is 5.97 Å². The van der Waals surface area contributed by atoms with Gasteiger partial charge < -0.3 is 4.74 Å². The summed E-state index contributed by atoms with van der Waals surface area (Å²) in [7, 11) is -3.00. The lowest BCUT2D eigenvalue weighted by molar-refractivity contribution is -0.145. The number of methoxy groups -OCH3 is 1. The zero-order valence-electron chi connectivity index (χ0n) is 10.6. The predicted octanol–water partition coefficient (Wildman–Crippen LogP) is 1.10. The summed E-state index contributed by atoms with van der Waals surface area (Å²) in [5.74, 6) is -1.53. The number of rotatable bonds is 3. The van der Waals surface area contributed by atoms with E-state index in [2.05, 4.69) is 4.74 Å². The summed E-state index contributed by atoms with van der Waals surface area (Å²) in [5.41, 5.74) is 0. The number of carbonyl (C=O) groups is 1. The van der Waals surface area contributed by atoms with Gasteiger partial charge in [-0.1, -0.05) is 0 Å². The van der Waals surface area contributed by atoms with Gasteiger partial charge in [0.2, 0.25) is 10.0 Å². The van der Waals surface area contributed by atoms with Crippen molar-refractivity contribution in [3.8, 4) is 0 Å². The van der Waals surface area contributed by atoms with Crippen molar-refractivity contribution in [1.82, 2.24) is 4.31 Å². The highest BCUT2D eigenvalue weighted by Gasteiger charge is 2.46. The standard InChI is InChI=1S/C12H13F2NO4S/c1-19-12(16)11-10(14)6-7-15(11)20(17,18)9-4-2-8(13)3-5-9/h2-5,10-11H,6-7H2,1H3. The smallest absolute Gasteiger partial charge is 0.327 e. The Bertz CT molecular complexity index is 602. The van der Waals surface area contributed by atoms with E-state index < -0.39 is 34.0 Å². The maximum Gasteiger partial charge on any atom is 0.327 e. The molecular weight excluding hydrogens is 292 g/mol. The molecular formula is C12H13F2NO4S. The Morgan fingerprint density at radius 1 is 1.35 bits per heavy atom. The zero-order chi connectivity index (χ0) is 14.9. The van der Waals surface area contributed by atoms with E-state index in [0.29, 0.717) is 0 Å². The molecule has 1 aliphatic heterocycles. The second-order valence-electron chi connectivity index (χ2n) is 4.34. The van der Waals surface area contributed by atoms with Crippen LogP contribution in [0.15, 0.2) is 29.2 Å². The Balaban J connectivity index is 2.38. The molecule has 2 atom stereocenters. The van der Waals surface area contributed by atoms with Crippen LogP contribution in [0, 0.1) is 5.82 Å². The summed E-state index contributed by atoms with van der Waals surface area (Å²) < 4.78 is 56.5. The van der Waals surface area contributed by atoms with Gasteiger partial charge in [-0.2, -0.15) is 4.31 Å². The monoisotopic (exact) mass is 305 g/mol. The molecule has 1 heterocycles. The minimum Gasteiger partial charge on any atom is -0.468 e. The Hall–Kier alpha value is -1.54. The number of carbonyl (C=O) groups excluding carboxylic acids is 1. The number of nitrogens with zero attached hydrogens (tertiary/aromatic N) is 1. The third-order valence-corrected chi connectivity index (χ3v) is 5.04. The van der Waals surface area contributed by atoms with Gasteiger partial charge in [0.1, 0.15) is 12.0 Å². The molecule has 0 spiro atoms. The van der Waals surface area contributed by atoms with Crippen LogP contribution in [0.3, 0.4) is 0 Å². The Morgan fingerprint density at radius 2 is 1.95 bits per heavy atom. The molecule has 2 rings (SSSR count). The summed E-state index contributed by atoms with van der Waals surface area (Å²) in [6.45, 7) is -0.124. The summed E-state index contributed by atoms with van der Waals surface area (Å²) in [6.07, 6.45) is -1.70. The molecule has 0 aliphatic carbocycles. The molecule has 0 bridgehead atoms. The molecule has 1 saturated heterocycles. The van der Waals surface area contributed by atoms with Gasteiger partial charge in [0, 0.05) is 6.54 Å². The van der Waals surface area contributed by atoms with E-state index in [1.54, 1.807) is 0 Å². The van der Waals surface area contributed by atoms with E-state index in [1.165, 1.54) is 0 Å². The van der Waals surface area contributed by atoms with Crippen molar-refractivity contribution in [2.24, 2.45) is 0 Å². The normalized spacial score (nSPS) is 23.8. The molecule has 8 heteroatoms. The summed E-state index contributed by atoms with van der Waals surface area (Å²) >= 11 is 0. The first kappa shape index (κ1) is 14.9. The van der Waals surface area contributed by atoms with Crippen molar-refractivity contribution >= 4 is 16.0 Å². The van der Waals surface area contributed by atoms with Gasteiger partial charge in [-0.25, -0.2) is 17.2 Å². The Labute approximate surface area is 115 Å². The second kappa shape index (κ2) is 5.45. The fourth-order valence-corrected chi connectivity index (χ4v) is 3.74. The molecule has 0 radical (unpaired) electrons. The van der Waals surface area contributed by atoms with Gasteiger partial charge in [-0.05, 0) is 30.7 Å². The largest absolute Gasteiger partial charge is 0.468 e. The van der Waals surface area contributed by atoms with Gasteiger partial charge in [0.05, 0.1) is 12.0 Å². The van der Waals surface area contributed by atoms with Crippen LogP contribution in [0.25, 0.3) is 0 Å². The maximum absolute atomic E-state index is 13.7. The fourth-order valence-electron chi connectivity index (χ4n) is 2.13. The van der Waals surface area contributed by atoms with Crippen LogP contribution < -0.4 is 0 Å². The summed E-state index contributed by atoms with van der Waals surface area (Å²) in [4.78, 5) is 11.3. The summed E-state index contributed by atoms with van der Waals surface area (Å²) in [6, 6.07) is 2.64. The number of alkyl halides is 1. The van der Waals surface area contributed by atoms with Crippen molar-refractivity contribution in [2.75, 3.05) is 13.7 Å². The molecule has 0 amide bonds. The number of esters is 1. The van der Waals surface area contributed by atoms with Crippen molar-refractivity contribution < 1.29 is 26.7 Å². The van der Waals surface area contributed by atoms with Crippen molar-refractivity contribution in [3.63, 3.8) is 0 Å². The van der Waals surface area contributed by atoms with Crippen molar-refractivity contribution in [1.29, 1.82) is 0 Å². The zero-order valence-corrected chi connectivity index (χ0v) is 11.4. The Morgan fingerprint density at radius 3 is 2.50 bits per heavy atom. The van der Waals surface area contributed by atoms with E-state index >= 15 is 0 Å². The first-order chi connectivity index (χ1) is 9.37. The lowest BCUT2D eigenvalue weighted by Gasteiger charge is -2.22. The molecule has 110 valence electrons. The average molecular weight is 305 g/mol. The van der Waals surface area contributed by atoms with E-state index in [9.17, 15) is 22.0 Å². The number of hydrogen-bond donors (Lipinski definition) is 0. The van der Waals surface area contributed by atoms with Gasteiger partial charge in [0.25, 0.3) is 0 Å². The fraction of sp³-hybridized carbons (Fsp3) is 0.417. The third kappa shape index (κ3) is 2.53. The highest BCUT2D eigenvalue weighted by molar-refractivity contribution is 7.89. The van der Waals surface area contributed by atoms with Crippen molar-refractivity contribution in [3.05, 3.63) is 30.1 Å². The number of ether oxygens (including phenoxy) is 1. The first-order valence-corrected chi connectivity index (χ1v) is 7.31. The van der Waals surface area contributed by atoms with E-state index in [0.717, 1.165) is 35.7 Å². The lowest BCUT2D eigenvalue weighted by atomic mass is 10.2. The molecule has 1 aliphatic rings. The molecule has 5 nitrogen and oxygen atoms in total. The quantitative estimate of drug-likeness (QED) is 0.785. The van der Waals surface area contributed by atoms with E-state index in [-0.39, 0.29) is 17.9 Å². The number of halogens is 2. The van der Waals surface area contributed by atoms with E-state index in [4.69, 9.17) is 0 Å². The lowest BCUT2D eigenvalue weighted by Crippen LogP contribution is -2.44. The molecule has 0 aromatic heterocycles. The highest BCUT2D eigenvalue weighted by atomic mass is 32.2.